The number of rotatable bonds is 4. The van der Waals surface area contributed by atoms with E-state index in [0.29, 0.717) is 5.13 Å². The number of nitrogens with one attached hydrogen (secondary N) is 1. The van der Waals surface area contributed by atoms with Gasteiger partial charge < -0.3 is 0 Å². The van der Waals surface area contributed by atoms with Crippen molar-refractivity contribution >= 4 is 28.1 Å². The van der Waals surface area contributed by atoms with Crippen molar-refractivity contribution in [2.24, 2.45) is 0 Å². The summed E-state index contributed by atoms with van der Waals surface area (Å²) in [7, 11) is 0. The van der Waals surface area contributed by atoms with Crippen molar-refractivity contribution in [3.05, 3.63) is 51.0 Å². The van der Waals surface area contributed by atoms with Crippen molar-refractivity contribution in [3.63, 3.8) is 0 Å². The maximum absolute atomic E-state index is 12.0. The number of aryl methyl sites for hydroxylation is 1. The maximum Gasteiger partial charge on any atom is 0.282 e. The van der Waals surface area contributed by atoms with Gasteiger partial charge in [-0.1, -0.05) is 19.1 Å². The van der Waals surface area contributed by atoms with Crippen molar-refractivity contribution in [2.45, 2.75) is 13.3 Å². The fraction of sp³-hybridized carbons (Fsp3) is 0.167. The van der Waals surface area contributed by atoms with Gasteiger partial charge in [-0.05, 0) is 12.5 Å². The lowest BCUT2D eigenvalue weighted by Crippen LogP contribution is -2.13. The third-order valence-electron chi connectivity index (χ3n) is 2.47. The Labute approximate surface area is 113 Å². The first kappa shape index (κ1) is 13.2. The molecule has 98 valence electrons. The quantitative estimate of drug-likeness (QED) is 0.687. The van der Waals surface area contributed by atoms with Gasteiger partial charge in [0.05, 0.1) is 4.92 Å². The van der Waals surface area contributed by atoms with Crippen molar-refractivity contribution < 1.29 is 9.72 Å². The molecular weight excluding hydrogens is 266 g/mol. The first-order valence-electron chi connectivity index (χ1n) is 5.61. The Morgan fingerprint density at radius 2 is 2.21 bits per heavy atom. The molecule has 0 bridgehead atoms. The summed E-state index contributed by atoms with van der Waals surface area (Å²) in [5.74, 6) is -0.524. The summed E-state index contributed by atoms with van der Waals surface area (Å²) < 4.78 is 0. The van der Waals surface area contributed by atoms with E-state index >= 15 is 0 Å². The van der Waals surface area contributed by atoms with Gasteiger partial charge in [0, 0.05) is 17.1 Å². The van der Waals surface area contributed by atoms with E-state index in [2.05, 4.69) is 10.3 Å². The average molecular weight is 277 g/mol. The van der Waals surface area contributed by atoms with E-state index in [1.54, 1.807) is 12.3 Å². The molecule has 19 heavy (non-hydrogen) atoms. The number of thiazole rings is 1. The Hall–Kier alpha value is -2.28. The Balaban J connectivity index is 2.22. The zero-order valence-electron chi connectivity index (χ0n) is 10.1. The van der Waals surface area contributed by atoms with Crippen LogP contribution in [0.25, 0.3) is 0 Å². The minimum atomic E-state index is -0.575. The lowest BCUT2D eigenvalue weighted by molar-refractivity contribution is -0.385. The number of nitro groups is 1. The highest BCUT2D eigenvalue weighted by molar-refractivity contribution is 7.15. The van der Waals surface area contributed by atoms with Gasteiger partial charge in [-0.15, -0.1) is 11.3 Å². The Morgan fingerprint density at radius 3 is 2.84 bits per heavy atom. The van der Waals surface area contributed by atoms with Gasteiger partial charge in [0.15, 0.2) is 5.13 Å². The Bertz CT molecular complexity index is 624. The molecule has 2 rings (SSSR count). The van der Waals surface area contributed by atoms with E-state index in [9.17, 15) is 14.9 Å². The Morgan fingerprint density at radius 1 is 1.47 bits per heavy atom. The van der Waals surface area contributed by atoms with Gasteiger partial charge in [0.25, 0.3) is 11.6 Å². The van der Waals surface area contributed by atoms with Crippen molar-refractivity contribution in [1.29, 1.82) is 0 Å². The maximum atomic E-state index is 12.0. The molecule has 0 aliphatic heterocycles. The molecule has 7 heteroatoms. The SMILES string of the molecule is CCc1cnc(NC(=O)c2ccccc2[N+](=O)[O-])s1. The lowest BCUT2D eigenvalue weighted by Gasteiger charge is -2.02. The van der Waals surface area contributed by atoms with E-state index in [4.69, 9.17) is 0 Å². The number of aromatic nitrogens is 1. The topological polar surface area (TPSA) is 85.1 Å². The molecule has 0 saturated heterocycles. The van der Waals surface area contributed by atoms with E-state index in [1.807, 2.05) is 6.92 Å². The second-order valence-electron chi connectivity index (χ2n) is 3.71. The molecule has 0 radical (unpaired) electrons. The lowest BCUT2D eigenvalue weighted by atomic mass is 10.1. The van der Waals surface area contributed by atoms with Crippen LogP contribution >= 0.6 is 11.3 Å². The summed E-state index contributed by atoms with van der Waals surface area (Å²) in [6.07, 6.45) is 2.51. The van der Waals surface area contributed by atoms with E-state index in [-0.39, 0.29) is 11.3 Å². The molecule has 0 fully saturated rings. The van der Waals surface area contributed by atoms with Gasteiger partial charge in [-0.2, -0.15) is 0 Å². The van der Waals surface area contributed by atoms with Crippen LogP contribution in [-0.2, 0) is 6.42 Å². The molecule has 1 N–H and O–H groups in total. The van der Waals surface area contributed by atoms with Crippen molar-refractivity contribution in [3.8, 4) is 0 Å². The summed E-state index contributed by atoms with van der Waals surface area (Å²) in [5.41, 5.74) is -0.187. The zero-order valence-corrected chi connectivity index (χ0v) is 10.9. The minimum absolute atomic E-state index is 0.0285. The van der Waals surface area contributed by atoms with Crippen LogP contribution in [0.1, 0.15) is 22.2 Å². The number of carbonyl (C=O) groups excluding carboxylic acids is 1. The summed E-state index contributed by atoms with van der Waals surface area (Å²) >= 11 is 1.36. The first-order valence-corrected chi connectivity index (χ1v) is 6.43. The molecule has 0 unspecified atom stereocenters. The largest absolute Gasteiger partial charge is 0.298 e. The highest BCUT2D eigenvalue weighted by atomic mass is 32.1. The highest BCUT2D eigenvalue weighted by Gasteiger charge is 2.19. The number of hydrogen-bond donors (Lipinski definition) is 1. The average Bonchev–Trinajstić information content (AvgIpc) is 2.86. The van der Waals surface area contributed by atoms with Crippen LogP contribution in [0.4, 0.5) is 10.8 Å². The number of nitro benzene ring substituents is 1. The third-order valence-corrected chi connectivity index (χ3v) is 3.52. The molecule has 0 spiro atoms. The first-order chi connectivity index (χ1) is 9.11. The molecule has 1 amide bonds. The van der Waals surface area contributed by atoms with Crippen molar-refractivity contribution in [1.82, 2.24) is 4.98 Å². The number of anilines is 1. The fourth-order valence-corrected chi connectivity index (χ4v) is 2.27. The van der Waals surface area contributed by atoms with Gasteiger partial charge in [-0.3, -0.25) is 20.2 Å². The molecular formula is C12H11N3O3S. The molecule has 0 aliphatic rings. The molecule has 6 nitrogen and oxygen atoms in total. The number of nitrogens with zero attached hydrogens (tertiary/aromatic N) is 2. The molecule has 0 aliphatic carbocycles. The number of carbonyl (C=O) groups is 1. The number of benzene rings is 1. The smallest absolute Gasteiger partial charge is 0.282 e. The zero-order chi connectivity index (χ0) is 13.8. The van der Waals surface area contributed by atoms with Crippen LogP contribution in [0.15, 0.2) is 30.5 Å². The van der Waals surface area contributed by atoms with Crippen LogP contribution in [0.5, 0.6) is 0 Å². The monoisotopic (exact) mass is 277 g/mol. The van der Waals surface area contributed by atoms with Crippen LogP contribution in [-0.4, -0.2) is 15.8 Å². The molecule has 2 aromatic rings. The van der Waals surface area contributed by atoms with Crippen LogP contribution in [0, 0.1) is 10.1 Å². The number of para-hydroxylation sites is 1. The second-order valence-corrected chi connectivity index (χ2v) is 4.83. The van der Waals surface area contributed by atoms with Crippen LogP contribution in [0.2, 0.25) is 0 Å². The molecule has 1 aromatic heterocycles. The number of amides is 1. The standard InChI is InChI=1S/C12H11N3O3S/c1-2-8-7-13-12(19-8)14-11(16)9-5-3-4-6-10(9)15(17)18/h3-7H,2H2,1H3,(H,13,14,16). The van der Waals surface area contributed by atoms with Gasteiger partial charge >= 0.3 is 0 Å². The summed E-state index contributed by atoms with van der Waals surface area (Å²) in [6, 6.07) is 5.82. The van der Waals surface area contributed by atoms with E-state index < -0.39 is 10.8 Å². The van der Waals surface area contributed by atoms with Crippen LogP contribution < -0.4 is 5.32 Å². The predicted octanol–water partition coefficient (Wildman–Crippen LogP) is 2.87. The van der Waals surface area contributed by atoms with E-state index in [1.165, 1.54) is 29.5 Å². The minimum Gasteiger partial charge on any atom is -0.298 e. The van der Waals surface area contributed by atoms with Crippen molar-refractivity contribution in [2.75, 3.05) is 5.32 Å². The summed E-state index contributed by atoms with van der Waals surface area (Å²) in [4.78, 5) is 27.3. The molecule has 0 atom stereocenters. The van der Waals surface area contributed by atoms with Gasteiger partial charge in [0.1, 0.15) is 5.56 Å². The molecule has 1 aromatic carbocycles. The molecule has 1 heterocycles. The van der Waals surface area contributed by atoms with Gasteiger partial charge in [0.2, 0.25) is 0 Å². The summed E-state index contributed by atoms with van der Waals surface area (Å²) in [6.45, 7) is 1.99. The van der Waals surface area contributed by atoms with E-state index in [0.717, 1.165) is 11.3 Å². The third kappa shape index (κ3) is 2.94. The summed E-state index contributed by atoms with van der Waals surface area (Å²) in [5, 5.41) is 13.9. The highest BCUT2D eigenvalue weighted by Crippen LogP contribution is 2.22. The van der Waals surface area contributed by atoms with Crippen LogP contribution in [0.3, 0.4) is 0 Å². The fourth-order valence-electron chi connectivity index (χ4n) is 1.52. The second kappa shape index (κ2) is 5.57. The van der Waals surface area contributed by atoms with Gasteiger partial charge in [-0.25, -0.2) is 4.98 Å². The predicted molar refractivity (Wildman–Crippen MR) is 72.5 cm³/mol. The number of hydrogen-bond acceptors (Lipinski definition) is 5. The normalized spacial score (nSPS) is 10.2. The Kier molecular flexibility index (Phi) is 3.86. The molecule has 0 saturated carbocycles.